The second-order valence-electron chi connectivity index (χ2n) is 5.44. The number of ether oxygens (including phenoxy) is 1. The fourth-order valence-electron chi connectivity index (χ4n) is 2.22. The lowest BCUT2D eigenvalue weighted by Crippen LogP contribution is -2.21. The third-order valence-corrected chi connectivity index (χ3v) is 3.63. The van der Waals surface area contributed by atoms with Gasteiger partial charge in [-0.15, -0.1) is 5.10 Å². The van der Waals surface area contributed by atoms with Gasteiger partial charge in [0.1, 0.15) is 5.82 Å². The van der Waals surface area contributed by atoms with E-state index in [2.05, 4.69) is 20.4 Å². The number of hydrogen-bond donors (Lipinski definition) is 1. The van der Waals surface area contributed by atoms with Gasteiger partial charge in [0.25, 0.3) is 17.5 Å². The minimum absolute atomic E-state index is 0.133. The van der Waals surface area contributed by atoms with Crippen molar-refractivity contribution in [3.8, 4) is 0 Å². The van der Waals surface area contributed by atoms with E-state index < -0.39 is 24.3 Å². The number of benzene rings is 1. The molecule has 26 heavy (non-hydrogen) atoms. The first-order chi connectivity index (χ1) is 12.3. The number of aryl methyl sites for hydroxylation is 2. The summed E-state index contributed by atoms with van der Waals surface area (Å²) in [6.45, 7) is 3.04. The van der Waals surface area contributed by atoms with Crippen molar-refractivity contribution in [1.29, 1.82) is 0 Å². The van der Waals surface area contributed by atoms with Gasteiger partial charge in [0.2, 0.25) is 0 Å². The molecule has 0 radical (unpaired) electrons. The smallest absolute Gasteiger partial charge is 0.378 e. The molecule has 1 aromatic carbocycles. The van der Waals surface area contributed by atoms with Crippen molar-refractivity contribution in [2.24, 2.45) is 0 Å². The van der Waals surface area contributed by atoms with Crippen LogP contribution < -0.4 is 5.32 Å². The van der Waals surface area contributed by atoms with Crippen molar-refractivity contribution in [3.05, 3.63) is 52.3 Å². The lowest BCUT2D eigenvalue weighted by Gasteiger charge is -2.06. The van der Waals surface area contributed by atoms with E-state index in [0.29, 0.717) is 0 Å². The molecule has 1 N–H and O–H groups in total. The van der Waals surface area contributed by atoms with E-state index in [1.54, 1.807) is 19.9 Å². The number of carbonyl (C=O) groups excluding carboxylic acids is 2. The number of amides is 1. The van der Waals surface area contributed by atoms with Crippen LogP contribution in [0.2, 0.25) is 5.02 Å². The number of nitrogens with one attached hydrogen (secondary N) is 1. The summed E-state index contributed by atoms with van der Waals surface area (Å²) < 4.78 is 19.4. The Kier molecular flexibility index (Phi) is 4.81. The van der Waals surface area contributed by atoms with Crippen molar-refractivity contribution < 1.29 is 18.7 Å². The zero-order valence-electron chi connectivity index (χ0n) is 13.8. The number of rotatable bonds is 4. The summed E-state index contributed by atoms with van der Waals surface area (Å²) in [6, 6.07) is 5.48. The molecule has 0 unspecified atom stereocenters. The third kappa shape index (κ3) is 3.77. The second kappa shape index (κ2) is 7.04. The normalized spacial score (nSPS) is 10.8. The molecule has 2 heterocycles. The predicted molar refractivity (Wildman–Crippen MR) is 90.6 cm³/mol. The number of halogens is 2. The molecule has 1 amide bonds. The molecule has 0 saturated carbocycles. The molecular weight excluding hydrogens is 365 g/mol. The van der Waals surface area contributed by atoms with Crippen LogP contribution in [0.3, 0.4) is 0 Å². The maximum absolute atomic E-state index is 13.1. The SMILES string of the molecule is Cc1cc(C)n2nc(C(=O)OCC(=O)Nc3ccc(F)c(Cl)c3)nc2n1. The quantitative estimate of drug-likeness (QED) is 0.701. The van der Waals surface area contributed by atoms with Crippen LogP contribution in [0.5, 0.6) is 0 Å². The highest BCUT2D eigenvalue weighted by Crippen LogP contribution is 2.19. The maximum Gasteiger partial charge on any atom is 0.378 e. The molecule has 0 aliphatic heterocycles. The molecule has 0 spiro atoms. The number of aromatic nitrogens is 4. The van der Waals surface area contributed by atoms with Gasteiger partial charge in [0, 0.05) is 17.1 Å². The highest BCUT2D eigenvalue weighted by atomic mass is 35.5. The first kappa shape index (κ1) is 17.7. The molecule has 2 aromatic heterocycles. The molecule has 0 aliphatic carbocycles. The Hall–Kier alpha value is -3.07. The van der Waals surface area contributed by atoms with E-state index >= 15 is 0 Å². The van der Waals surface area contributed by atoms with Gasteiger partial charge in [-0.1, -0.05) is 11.6 Å². The van der Waals surface area contributed by atoms with Gasteiger partial charge in [-0.2, -0.15) is 4.98 Å². The van der Waals surface area contributed by atoms with E-state index in [4.69, 9.17) is 16.3 Å². The first-order valence-corrected chi connectivity index (χ1v) is 7.84. The van der Waals surface area contributed by atoms with Gasteiger partial charge >= 0.3 is 5.97 Å². The fraction of sp³-hybridized carbons (Fsp3) is 0.188. The Bertz CT molecular complexity index is 1020. The molecule has 10 heteroatoms. The van der Waals surface area contributed by atoms with E-state index in [9.17, 15) is 14.0 Å². The summed E-state index contributed by atoms with van der Waals surface area (Å²) in [6.07, 6.45) is 0. The van der Waals surface area contributed by atoms with Crippen LogP contribution in [0, 0.1) is 19.7 Å². The topological polar surface area (TPSA) is 98.5 Å². The second-order valence-corrected chi connectivity index (χ2v) is 5.85. The average Bonchev–Trinajstić information content (AvgIpc) is 3.00. The summed E-state index contributed by atoms with van der Waals surface area (Å²) in [4.78, 5) is 32.0. The van der Waals surface area contributed by atoms with Gasteiger partial charge in [-0.3, -0.25) is 4.79 Å². The molecule has 0 bridgehead atoms. The van der Waals surface area contributed by atoms with Gasteiger partial charge in [-0.05, 0) is 38.1 Å². The molecule has 3 rings (SSSR count). The van der Waals surface area contributed by atoms with Crippen molar-refractivity contribution in [2.75, 3.05) is 11.9 Å². The molecule has 134 valence electrons. The third-order valence-electron chi connectivity index (χ3n) is 3.34. The Morgan fingerprint density at radius 2 is 2.04 bits per heavy atom. The largest absolute Gasteiger partial charge is 0.450 e. The Morgan fingerprint density at radius 1 is 1.27 bits per heavy atom. The van der Waals surface area contributed by atoms with E-state index in [1.165, 1.54) is 16.6 Å². The molecule has 0 fully saturated rings. The van der Waals surface area contributed by atoms with E-state index in [1.807, 2.05) is 0 Å². The standard InChI is InChI=1S/C16H13ClFN5O3/c1-8-5-9(2)23-16(19-8)21-14(22-23)15(25)26-7-13(24)20-10-3-4-12(18)11(17)6-10/h3-6H,7H2,1-2H3,(H,20,24). The van der Waals surface area contributed by atoms with Gasteiger partial charge in [0.15, 0.2) is 6.61 Å². The zero-order chi connectivity index (χ0) is 18.8. The van der Waals surface area contributed by atoms with Gasteiger partial charge in [0.05, 0.1) is 5.02 Å². The Balaban J connectivity index is 1.64. The summed E-state index contributed by atoms with van der Waals surface area (Å²) in [7, 11) is 0. The summed E-state index contributed by atoms with van der Waals surface area (Å²) in [5.41, 5.74) is 1.77. The van der Waals surface area contributed by atoms with E-state index in [0.717, 1.165) is 17.5 Å². The maximum atomic E-state index is 13.1. The molecule has 8 nitrogen and oxygen atoms in total. The van der Waals surface area contributed by atoms with Crippen molar-refractivity contribution >= 4 is 34.9 Å². The lowest BCUT2D eigenvalue weighted by atomic mass is 10.3. The number of nitrogens with zero attached hydrogens (tertiary/aromatic N) is 4. The average molecular weight is 378 g/mol. The number of anilines is 1. The van der Waals surface area contributed by atoms with Gasteiger partial charge in [-0.25, -0.2) is 18.7 Å². The summed E-state index contributed by atoms with van der Waals surface area (Å²) in [5.74, 6) is -2.02. The summed E-state index contributed by atoms with van der Waals surface area (Å²) in [5, 5.41) is 6.32. The molecule has 0 saturated heterocycles. The van der Waals surface area contributed by atoms with Crippen LogP contribution in [0.25, 0.3) is 5.78 Å². The van der Waals surface area contributed by atoms with Crippen LogP contribution in [0.4, 0.5) is 10.1 Å². The van der Waals surface area contributed by atoms with Crippen molar-refractivity contribution in [1.82, 2.24) is 19.6 Å². The molecule has 0 aliphatic rings. The van der Waals surface area contributed by atoms with Crippen molar-refractivity contribution in [2.45, 2.75) is 13.8 Å². The Morgan fingerprint density at radius 3 is 2.77 bits per heavy atom. The summed E-state index contributed by atoms with van der Waals surface area (Å²) >= 11 is 5.63. The first-order valence-electron chi connectivity index (χ1n) is 7.46. The minimum atomic E-state index is -0.861. The number of carbonyl (C=O) groups is 2. The van der Waals surface area contributed by atoms with Crippen LogP contribution >= 0.6 is 11.6 Å². The van der Waals surface area contributed by atoms with Crippen LogP contribution in [-0.2, 0) is 9.53 Å². The monoisotopic (exact) mass is 377 g/mol. The lowest BCUT2D eigenvalue weighted by molar-refractivity contribution is -0.119. The van der Waals surface area contributed by atoms with Crippen LogP contribution in [-0.4, -0.2) is 38.1 Å². The molecular formula is C16H13ClFN5O3. The Labute approximate surface area is 152 Å². The zero-order valence-corrected chi connectivity index (χ0v) is 14.5. The highest BCUT2D eigenvalue weighted by molar-refractivity contribution is 6.31. The highest BCUT2D eigenvalue weighted by Gasteiger charge is 2.18. The molecule has 3 aromatic rings. The van der Waals surface area contributed by atoms with Gasteiger partial charge < -0.3 is 10.1 Å². The minimum Gasteiger partial charge on any atom is -0.450 e. The number of esters is 1. The predicted octanol–water partition coefficient (Wildman–Crippen LogP) is 2.33. The number of fused-ring (bicyclic) bond motifs is 1. The molecule has 0 atom stereocenters. The number of hydrogen-bond acceptors (Lipinski definition) is 6. The van der Waals surface area contributed by atoms with Crippen LogP contribution in [0.1, 0.15) is 22.0 Å². The van der Waals surface area contributed by atoms with Crippen LogP contribution in [0.15, 0.2) is 24.3 Å². The fourth-order valence-corrected chi connectivity index (χ4v) is 2.40. The van der Waals surface area contributed by atoms with Crippen molar-refractivity contribution in [3.63, 3.8) is 0 Å². The van der Waals surface area contributed by atoms with E-state index in [-0.39, 0.29) is 22.3 Å².